The molecule has 3 rings (SSSR count). The largest absolute Gasteiger partial charge is 0.348 e. The van der Waals surface area contributed by atoms with Crippen molar-refractivity contribution in [2.45, 2.75) is 36.0 Å². The highest BCUT2D eigenvalue weighted by molar-refractivity contribution is 7.91. The molecule has 0 unspecified atom stereocenters. The Balaban J connectivity index is 1.76. The van der Waals surface area contributed by atoms with Crippen molar-refractivity contribution in [2.75, 3.05) is 19.0 Å². The van der Waals surface area contributed by atoms with Crippen molar-refractivity contribution in [3.05, 3.63) is 30.3 Å². The van der Waals surface area contributed by atoms with E-state index in [0.29, 0.717) is 24.5 Å². The normalized spacial score (nSPS) is 28.8. The van der Waals surface area contributed by atoms with E-state index in [1.54, 1.807) is 30.3 Å². The van der Waals surface area contributed by atoms with Crippen molar-refractivity contribution in [3.63, 3.8) is 0 Å². The highest BCUT2D eigenvalue weighted by atomic mass is 32.2. The smallest absolute Gasteiger partial charge is 0.178 e. The zero-order chi connectivity index (χ0) is 14.9. The number of sulfone groups is 1. The van der Waals surface area contributed by atoms with E-state index < -0.39 is 15.6 Å². The van der Waals surface area contributed by atoms with Gasteiger partial charge < -0.3 is 15.2 Å². The summed E-state index contributed by atoms with van der Waals surface area (Å²) in [4.78, 5) is 0.352. The quantitative estimate of drug-likeness (QED) is 0.911. The molecule has 2 atom stereocenters. The number of rotatable bonds is 3. The lowest BCUT2D eigenvalue weighted by atomic mass is 9.82. The van der Waals surface area contributed by atoms with E-state index in [1.165, 1.54) is 0 Å². The fourth-order valence-electron chi connectivity index (χ4n) is 3.22. The molecule has 6 heteroatoms. The van der Waals surface area contributed by atoms with Crippen LogP contribution in [0.1, 0.15) is 19.3 Å². The minimum Gasteiger partial charge on any atom is -0.348 e. The van der Waals surface area contributed by atoms with Crippen molar-refractivity contribution in [1.29, 1.82) is 0 Å². The second-order valence-corrected chi connectivity index (χ2v) is 7.90. The number of hydrogen-bond acceptors (Lipinski definition) is 5. The average Bonchev–Trinajstić information content (AvgIpc) is 2.92. The molecule has 116 valence electrons. The number of benzene rings is 1. The summed E-state index contributed by atoms with van der Waals surface area (Å²) >= 11 is 0. The van der Waals surface area contributed by atoms with Gasteiger partial charge in [-0.2, -0.15) is 0 Å². The standard InChI is InChI=1S/C15H21NO4S/c16-14-6-7-15(19-8-9-20-15)10-12(14)11-21(17,18)13-4-2-1-3-5-13/h1-5,12,14H,6-11,16H2/t12-,14-/m0/s1. The van der Waals surface area contributed by atoms with Crippen LogP contribution in [0.5, 0.6) is 0 Å². The minimum atomic E-state index is -3.33. The first-order chi connectivity index (χ1) is 10.0. The van der Waals surface area contributed by atoms with E-state index in [-0.39, 0.29) is 17.7 Å². The van der Waals surface area contributed by atoms with Gasteiger partial charge >= 0.3 is 0 Å². The van der Waals surface area contributed by atoms with Crippen LogP contribution in [0.3, 0.4) is 0 Å². The highest BCUT2D eigenvalue weighted by Crippen LogP contribution is 2.39. The predicted molar refractivity (Wildman–Crippen MR) is 78.4 cm³/mol. The molecule has 0 amide bonds. The minimum absolute atomic E-state index is 0.0483. The zero-order valence-electron chi connectivity index (χ0n) is 11.9. The molecule has 1 saturated carbocycles. The van der Waals surface area contributed by atoms with Crippen LogP contribution in [0, 0.1) is 5.92 Å². The molecule has 2 fully saturated rings. The van der Waals surface area contributed by atoms with E-state index in [1.807, 2.05) is 0 Å². The molecule has 1 heterocycles. The van der Waals surface area contributed by atoms with Gasteiger partial charge in [-0.05, 0) is 24.5 Å². The Morgan fingerprint density at radius 1 is 1.19 bits per heavy atom. The molecular formula is C15H21NO4S. The Kier molecular flexibility index (Phi) is 4.05. The van der Waals surface area contributed by atoms with Gasteiger partial charge in [0.1, 0.15) is 0 Å². The molecule has 1 saturated heterocycles. The molecule has 0 radical (unpaired) electrons. The molecule has 1 aromatic rings. The van der Waals surface area contributed by atoms with Crippen LogP contribution in [0.15, 0.2) is 35.2 Å². The Morgan fingerprint density at radius 2 is 1.86 bits per heavy atom. The van der Waals surface area contributed by atoms with Crippen LogP contribution < -0.4 is 5.73 Å². The molecular weight excluding hydrogens is 290 g/mol. The summed E-state index contributed by atoms with van der Waals surface area (Å²) in [5.41, 5.74) is 6.14. The zero-order valence-corrected chi connectivity index (χ0v) is 12.7. The van der Waals surface area contributed by atoms with Crippen molar-refractivity contribution in [2.24, 2.45) is 11.7 Å². The molecule has 1 aliphatic carbocycles. The lowest BCUT2D eigenvalue weighted by molar-refractivity contribution is -0.187. The van der Waals surface area contributed by atoms with E-state index in [9.17, 15) is 8.42 Å². The van der Waals surface area contributed by atoms with Crippen molar-refractivity contribution >= 4 is 9.84 Å². The van der Waals surface area contributed by atoms with Gasteiger partial charge in [0, 0.05) is 18.9 Å². The van der Waals surface area contributed by atoms with Crippen LogP contribution in [-0.2, 0) is 19.3 Å². The summed E-state index contributed by atoms with van der Waals surface area (Å²) in [5, 5.41) is 0. The summed E-state index contributed by atoms with van der Waals surface area (Å²) in [5.74, 6) is -0.693. The summed E-state index contributed by atoms with van der Waals surface area (Å²) < 4.78 is 36.4. The maximum absolute atomic E-state index is 12.5. The van der Waals surface area contributed by atoms with Gasteiger partial charge in [0.05, 0.1) is 23.9 Å². The van der Waals surface area contributed by atoms with E-state index in [0.717, 1.165) is 12.8 Å². The fourth-order valence-corrected chi connectivity index (χ4v) is 4.92. The molecule has 5 nitrogen and oxygen atoms in total. The van der Waals surface area contributed by atoms with Crippen LogP contribution in [0.25, 0.3) is 0 Å². The first-order valence-corrected chi connectivity index (χ1v) is 8.97. The van der Waals surface area contributed by atoms with Crippen LogP contribution >= 0.6 is 0 Å². The second-order valence-electron chi connectivity index (χ2n) is 5.87. The monoisotopic (exact) mass is 311 g/mol. The van der Waals surface area contributed by atoms with Gasteiger partial charge in [0.25, 0.3) is 0 Å². The first-order valence-electron chi connectivity index (χ1n) is 7.32. The summed E-state index contributed by atoms with van der Waals surface area (Å²) in [6.07, 6.45) is 2.03. The van der Waals surface area contributed by atoms with Gasteiger partial charge in [-0.25, -0.2) is 8.42 Å². The summed E-state index contributed by atoms with van der Waals surface area (Å²) in [7, 11) is -3.33. The molecule has 2 aliphatic rings. The van der Waals surface area contributed by atoms with Crippen LogP contribution in [0.2, 0.25) is 0 Å². The average molecular weight is 311 g/mol. The Labute approximate surface area is 125 Å². The number of hydrogen-bond donors (Lipinski definition) is 1. The van der Waals surface area contributed by atoms with E-state index in [4.69, 9.17) is 15.2 Å². The molecule has 21 heavy (non-hydrogen) atoms. The maximum Gasteiger partial charge on any atom is 0.178 e. The topological polar surface area (TPSA) is 78.6 Å². The van der Waals surface area contributed by atoms with Crippen LogP contribution in [0.4, 0.5) is 0 Å². The fraction of sp³-hybridized carbons (Fsp3) is 0.600. The third kappa shape index (κ3) is 3.13. The van der Waals surface area contributed by atoms with E-state index in [2.05, 4.69) is 0 Å². The van der Waals surface area contributed by atoms with Gasteiger partial charge in [0.2, 0.25) is 0 Å². The van der Waals surface area contributed by atoms with Crippen molar-refractivity contribution < 1.29 is 17.9 Å². The lowest BCUT2D eigenvalue weighted by Crippen LogP contribution is -2.48. The second kappa shape index (κ2) is 5.68. The van der Waals surface area contributed by atoms with Crippen LogP contribution in [-0.4, -0.2) is 39.2 Å². The van der Waals surface area contributed by atoms with Crippen molar-refractivity contribution in [1.82, 2.24) is 0 Å². The van der Waals surface area contributed by atoms with E-state index >= 15 is 0 Å². The van der Waals surface area contributed by atoms with Crippen molar-refractivity contribution in [3.8, 4) is 0 Å². The highest BCUT2D eigenvalue weighted by Gasteiger charge is 2.45. The lowest BCUT2D eigenvalue weighted by Gasteiger charge is -2.39. The summed E-state index contributed by atoms with van der Waals surface area (Å²) in [6.45, 7) is 1.15. The Bertz CT molecular complexity index is 581. The predicted octanol–water partition coefficient (Wildman–Crippen LogP) is 1.33. The third-order valence-corrected chi connectivity index (χ3v) is 6.24. The Morgan fingerprint density at radius 3 is 2.52 bits per heavy atom. The summed E-state index contributed by atoms with van der Waals surface area (Å²) in [6, 6.07) is 8.41. The molecule has 1 aliphatic heterocycles. The molecule has 0 bridgehead atoms. The molecule has 1 aromatic carbocycles. The molecule has 2 N–H and O–H groups in total. The third-order valence-electron chi connectivity index (χ3n) is 4.39. The first kappa shape index (κ1) is 15.0. The van der Waals surface area contributed by atoms with Gasteiger partial charge in [-0.1, -0.05) is 18.2 Å². The number of ether oxygens (including phenoxy) is 2. The Hall–Kier alpha value is -0.950. The van der Waals surface area contributed by atoms with Gasteiger partial charge in [0.15, 0.2) is 15.6 Å². The maximum atomic E-state index is 12.5. The van der Waals surface area contributed by atoms with Gasteiger partial charge in [-0.3, -0.25) is 0 Å². The van der Waals surface area contributed by atoms with Gasteiger partial charge in [-0.15, -0.1) is 0 Å². The number of nitrogens with two attached hydrogens (primary N) is 1. The molecule has 1 spiro atoms. The molecule has 0 aromatic heterocycles. The SMILES string of the molecule is N[C@H]1CCC2(C[C@H]1CS(=O)(=O)c1ccccc1)OCCO2.